The van der Waals surface area contributed by atoms with E-state index in [-0.39, 0.29) is 12.3 Å². The molecule has 2 saturated heterocycles. The summed E-state index contributed by atoms with van der Waals surface area (Å²) in [5, 5.41) is 10.1. The highest BCUT2D eigenvalue weighted by Gasteiger charge is 2.42. The second-order valence-corrected chi connectivity index (χ2v) is 10.2. The molecule has 2 fully saturated rings. The first-order chi connectivity index (χ1) is 12.7. The summed E-state index contributed by atoms with van der Waals surface area (Å²) in [6.07, 6.45) is 2.63. The minimum atomic E-state index is -2.30. The van der Waals surface area contributed by atoms with Crippen molar-refractivity contribution in [2.45, 2.75) is 37.4 Å². The van der Waals surface area contributed by atoms with Crippen LogP contribution in [-0.2, 0) is 19.3 Å². The number of carbonyl (C=O) groups excluding carboxylic acids is 1. The molecule has 148 valence electrons. The summed E-state index contributed by atoms with van der Waals surface area (Å²) in [4.78, 5) is 14.3. The van der Waals surface area contributed by atoms with Gasteiger partial charge in [-0.1, -0.05) is 24.3 Å². The van der Waals surface area contributed by atoms with Crippen LogP contribution >= 0.6 is 0 Å². The number of rotatable bonds is 4. The van der Waals surface area contributed by atoms with Crippen LogP contribution in [0.2, 0.25) is 0 Å². The van der Waals surface area contributed by atoms with E-state index in [9.17, 15) is 14.1 Å². The first kappa shape index (κ1) is 20.0. The summed E-state index contributed by atoms with van der Waals surface area (Å²) in [5.41, 5.74) is -0.925. The van der Waals surface area contributed by atoms with Gasteiger partial charge in [-0.15, -0.1) is 6.58 Å². The normalized spacial score (nSPS) is 30.5. The lowest BCUT2D eigenvalue weighted by atomic mass is 9.93. The Labute approximate surface area is 161 Å². The summed E-state index contributed by atoms with van der Waals surface area (Å²) in [5.74, 6) is 0.825. The number of hydrogen-bond acceptors (Lipinski definition) is 5. The molecule has 0 saturated carbocycles. The Morgan fingerprint density at radius 1 is 1.41 bits per heavy atom. The summed E-state index contributed by atoms with van der Waals surface area (Å²) in [6, 6.07) is 9.41. The first-order valence-electron chi connectivity index (χ1n) is 9.30. The Morgan fingerprint density at radius 3 is 2.70 bits per heavy atom. The molecule has 1 spiro atoms. The molecule has 1 atom stereocenters. The maximum absolute atomic E-state index is 13.1. The molecule has 1 N–H and O–H groups in total. The highest BCUT2D eigenvalue weighted by molar-refractivity contribution is 7.93. The average Bonchev–Trinajstić information content (AvgIpc) is 2.65. The van der Waals surface area contributed by atoms with E-state index in [2.05, 4.69) is 10.9 Å². The predicted octanol–water partition coefficient (Wildman–Crippen LogP) is 2.50. The van der Waals surface area contributed by atoms with E-state index in [1.54, 1.807) is 11.8 Å². The monoisotopic (exact) mass is 392 g/mol. The van der Waals surface area contributed by atoms with Crippen LogP contribution in [0.5, 0.6) is 0 Å². The Balaban J connectivity index is 1.67. The van der Waals surface area contributed by atoms with Gasteiger partial charge in [0.1, 0.15) is 0 Å². The quantitative estimate of drug-likeness (QED) is 0.799. The van der Waals surface area contributed by atoms with Gasteiger partial charge in [-0.05, 0) is 31.9 Å². The van der Waals surface area contributed by atoms with E-state index in [0.717, 1.165) is 5.69 Å². The van der Waals surface area contributed by atoms with Crippen molar-refractivity contribution >= 4 is 21.3 Å². The van der Waals surface area contributed by atoms with Crippen LogP contribution in [-0.4, -0.2) is 62.5 Å². The van der Waals surface area contributed by atoms with Gasteiger partial charge in [0.2, 0.25) is 5.91 Å². The van der Waals surface area contributed by atoms with Crippen LogP contribution in [0.1, 0.15) is 26.2 Å². The molecule has 6 nitrogen and oxygen atoms in total. The Kier molecular flexibility index (Phi) is 5.74. The van der Waals surface area contributed by atoms with Gasteiger partial charge < -0.3 is 14.7 Å². The van der Waals surface area contributed by atoms with Gasteiger partial charge in [0.25, 0.3) is 0 Å². The molecular formula is C20H28N2O4S. The molecule has 3 rings (SSSR count). The third kappa shape index (κ3) is 4.97. The summed E-state index contributed by atoms with van der Waals surface area (Å²) < 4.78 is 23.6. The largest absolute Gasteiger partial charge is 0.386 e. The lowest BCUT2D eigenvalue weighted by Crippen LogP contribution is -2.57. The smallest absolute Gasteiger partial charge is 0.225 e. The van der Waals surface area contributed by atoms with Gasteiger partial charge in [0.05, 0.1) is 39.6 Å². The van der Waals surface area contributed by atoms with Crippen molar-refractivity contribution < 1.29 is 18.8 Å². The molecule has 0 aliphatic carbocycles. The topological polar surface area (TPSA) is 79.2 Å². The van der Waals surface area contributed by atoms with Crippen molar-refractivity contribution in [3.05, 3.63) is 43.0 Å². The molecule has 0 bridgehead atoms. The SMILES string of the molecule is C=CC(C)(O)CC(=O)N1CCOC2(CCS(=O)(=Nc3ccccc3)CC2)C1. The number of amides is 1. The molecule has 0 aromatic heterocycles. The first-order valence-corrected chi connectivity index (χ1v) is 11.2. The third-order valence-corrected chi connectivity index (χ3v) is 7.56. The predicted molar refractivity (Wildman–Crippen MR) is 106 cm³/mol. The van der Waals surface area contributed by atoms with Crippen molar-refractivity contribution in [3.63, 3.8) is 0 Å². The molecule has 27 heavy (non-hydrogen) atoms. The molecule has 1 aromatic rings. The van der Waals surface area contributed by atoms with E-state index in [0.29, 0.717) is 44.0 Å². The number of morpholine rings is 1. The van der Waals surface area contributed by atoms with Gasteiger partial charge in [0, 0.05) is 24.6 Å². The van der Waals surface area contributed by atoms with E-state index < -0.39 is 20.9 Å². The molecule has 1 amide bonds. The molecule has 2 aliphatic rings. The molecule has 1 unspecified atom stereocenters. The zero-order valence-electron chi connectivity index (χ0n) is 15.8. The van der Waals surface area contributed by atoms with E-state index in [1.165, 1.54) is 6.08 Å². The average molecular weight is 393 g/mol. The Hall–Kier alpha value is -1.70. The van der Waals surface area contributed by atoms with Gasteiger partial charge in [-0.3, -0.25) is 4.79 Å². The zero-order chi connectivity index (χ0) is 19.5. The number of hydrogen-bond donors (Lipinski definition) is 1. The Bertz CT molecular complexity index is 799. The van der Waals surface area contributed by atoms with Gasteiger partial charge >= 0.3 is 0 Å². The standard InChI is InChI=1S/C20H28N2O4S/c1-3-19(2,24)15-18(23)22-11-12-26-20(16-22)9-13-27(25,14-10-20)21-17-7-5-4-6-8-17/h3-8,24H,1,9-16H2,2H3. The van der Waals surface area contributed by atoms with Gasteiger partial charge in [-0.2, -0.15) is 4.36 Å². The van der Waals surface area contributed by atoms with Crippen molar-refractivity contribution in [1.29, 1.82) is 0 Å². The minimum Gasteiger partial charge on any atom is -0.386 e. The molecule has 2 aliphatic heterocycles. The van der Waals surface area contributed by atoms with Crippen LogP contribution in [0, 0.1) is 0 Å². The Morgan fingerprint density at radius 2 is 2.07 bits per heavy atom. The second-order valence-electron chi connectivity index (χ2n) is 7.69. The minimum absolute atomic E-state index is 0.00661. The highest BCUT2D eigenvalue weighted by atomic mass is 32.2. The zero-order valence-corrected chi connectivity index (χ0v) is 16.6. The van der Waals surface area contributed by atoms with Crippen LogP contribution in [0.25, 0.3) is 0 Å². The molecule has 1 aromatic carbocycles. The number of carbonyl (C=O) groups is 1. The molecular weight excluding hydrogens is 364 g/mol. The van der Waals surface area contributed by atoms with E-state index in [1.807, 2.05) is 30.3 Å². The second kappa shape index (κ2) is 7.73. The fraction of sp³-hybridized carbons (Fsp3) is 0.550. The van der Waals surface area contributed by atoms with Crippen molar-refractivity contribution in [1.82, 2.24) is 4.90 Å². The fourth-order valence-electron chi connectivity index (χ4n) is 3.54. The summed E-state index contributed by atoms with van der Waals surface area (Å²) in [6.45, 7) is 6.60. The fourth-order valence-corrected chi connectivity index (χ4v) is 5.82. The van der Waals surface area contributed by atoms with E-state index in [4.69, 9.17) is 4.74 Å². The number of aliphatic hydroxyl groups is 1. The number of benzene rings is 1. The lowest BCUT2D eigenvalue weighted by Gasteiger charge is -2.45. The number of nitrogens with zero attached hydrogens (tertiary/aromatic N) is 2. The van der Waals surface area contributed by atoms with Crippen LogP contribution in [0.3, 0.4) is 0 Å². The van der Waals surface area contributed by atoms with Gasteiger partial charge in [-0.25, -0.2) is 4.21 Å². The van der Waals surface area contributed by atoms with Gasteiger partial charge in [0.15, 0.2) is 0 Å². The summed E-state index contributed by atoms with van der Waals surface area (Å²) in [7, 11) is -2.30. The highest BCUT2D eigenvalue weighted by Crippen LogP contribution is 2.33. The third-order valence-electron chi connectivity index (χ3n) is 5.33. The lowest BCUT2D eigenvalue weighted by molar-refractivity contribution is -0.154. The number of ether oxygens (including phenoxy) is 1. The molecule has 0 radical (unpaired) electrons. The maximum atomic E-state index is 13.1. The maximum Gasteiger partial charge on any atom is 0.225 e. The van der Waals surface area contributed by atoms with Crippen LogP contribution < -0.4 is 0 Å². The van der Waals surface area contributed by atoms with Crippen molar-refractivity contribution in [2.24, 2.45) is 4.36 Å². The molecule has 7 heteroatoms. The van der Waals surface area contributed by atoms with Crippen LogP contribution in [0.4, 0.5) is 5.69 Å². The molecule has 2 heterocycles. The van der Waals surface area contributed by atoms with Crippen molar-refractivity contribution in [2.75, 3.05) is 31.2 Å². The van der Waals surface area contributed by atoms with Crippen LogP contribution in [0.15, 0.2) is 47.3 Å². The summed E-state index contributed by atoms with van der Waals surface area (Å²) >= 11 is 0. The van der Waals surface area contributed by atoms with E-state index >= 15 is 0 Å². The van der Waals surface area contributed by atoms with Crippen molar-refractivity contribution in [3.8, 4) is 0 Å².